The summed E-state index contributed by atoms with van der Waals surface area (Å²) in [6, 6.07) is 5.66. The first-order valence-corrected chi connectivity index (χ1v) is 8.08. The summed E-state index contributed by atoms with van der Waals surface area (Å²) in [5.41, 5.74) is 0.797. The number of rotatable bonds is 4. The van der Waals surface area contributed by atoms with E-state index in [1.165, 1.54) is 18.6 Å². The van der Waals surface area contributed by atoms with Gasteiger partial charge in [0.1, 0.15) is 5.82 Å². The van der Waals surface area contributed by atoms with E-state index >= 15 is 0 Å². The number of hydrogen-bond donors (Lipinski definition) is 1. The van der Waals surface area contributed by atoms with Crippen molar-refractivity contribution < 1.29 is 4.39 Å². The van der Waals surface area contributed by atoms with Gasteiger partial charge in [-0.1, -0.05) is 22.0 Å². The first kappa shape index (κ1) is 14.4. The highest BCUT2D eigenvalue weighted by Gasteiger charge is 2.37. The van der Waals surface area contributed by atoms with E-state index in [-0.39, 0.29) is 10.6 Å². The fourth-order valence-corrected chi connectivity index (χ4v) is 4.39. The maximum absolute atomic E-state index is 13.9. The molecule has 0 bridgehead atoms. The van der Waals surface area contributed by atoms with Gasteiger partial charge in [-0.2, -0.15) is 11.8 Å². The summed E-state index contributed by atoms with van der Waals surface area (Å²) in [6.07, 6.45) is 3.22. The molecule has 2 rings (SSSR count). The Morgan fingerprint density at radius 2 is 2.33 bits per heavy atom. The molecule has 2 atom stereocenters. The summed E-state index contributed by atoms with van der Waals surface area (Å²) in [6.45, 7) is 2.29. The molecule has 1 N–H and O–H groups in total. The quantitative estimate of drug-likeness (QED) is 0.894. The lowest BCUT2D eigenvalue weighted by molar-refractivity contribution is 0.418. The van der Waals surface area contributed by atoms with Crippen LogP contribution in [0, 0.1) is 5.82 Å². The van der Waals surface area contributed by atoms with Crippen molar-refractivity contribution in [1.82, 2.24) is 5.32 Å². The second-order valence-electron chi connectivity index (χ2n) is 5.05. The van der Waals surface area contributed by atoms with Crippen LogP contribution < -0.4 is 5.32 Å². The zero-order valence-electron chi connectivity index (χ0n) is 10.8. The van der Waals surface area contributed by atoms with Gasteiger partial charge in [-0.3, -0.25) is 0 Å². The van der Waals surface area contributed by atoms with Crippen molar-refractivity contribution >= 4 is 27.7 Å². The van der Waals surface area contributed by atoms with Crippen LogP contribution in [-0.2, 0) is 6.42 Å². The van der Waals surface area contributed by atoms with Crippen LogP contribution in [-0.4, -0.2) is 23.6 Å². The Kier molecular flexibility index (Phi) is 4.73. The number of likely N-dealkylation sites (N-methyl/N-ethyl adjacent to an activating group) is 1. The Morgan fingerprint density at radius 3 is 2.89 bits per heavy atom. The predicted octanol–water partition coefficient (Wildman–Crippen LogP) is 4.00. The lowest BCUT2D eigenvalue weighted by Gasteiger charge is -2.33. The standard InChI is InChI=1S/C14H19BrFNS/c1-14(6-3-7-18-14)13(17-2)8-10-4-5-11(15)9-12(10)16/h4-5,9,13,17H,3,6-8H2,1-2H3. The van der Waals surface area contributed by atoms with Crippen LogP contribution in [0.15, 0.2) is 22.7 Å². The Hall–Kier alpha value is -0.0600. The van der Waals surface area contributed by atoms with Crippen LogP contribution in [0.4, 0.5) is 4.39 Å². The molecule has 1 aliphatic heterocycles. The normalized spacial score (nSPS) is 25.3. The van der Waals surface area contributed by atoms with E-state index in [4.69, 9.17) is 0 Å². The van der Waals surface area contributed by atoms with E-state index < -0.39 is 0 Å². The lowest BCUT2D eigenvalue weighted by Crippen LogP contribution is -2.45. The zero-order chi connectivity index (χ0) is 13.2. The van der Waals surface area contributed by atoms with Crippen molar-refractivity contribution in [1.29, 1.82) is 0 Å². The molecule has 18 heavy (non-hydrogen) atoms. The topological polar surface area (TPSA) is 12.0 Å². The van der Waals surface area contributed by atoms with Gasteiger partial charge in [0.25, 0.3) is 0 Å². The number of thioether (sulfide) groups is 1. The van der Waals surface area contributed by atoms with Gasteiger partial charge in [-0.25, -0.2) is 4.39 Å². The molecule has 0 aromatic heterocycles. The average molecular weight is 332 g/mol. The SMILES string of the molecule is CNC(Cc1ccc(Br)cc1F)C1(C)CCCS1. The molecule has 2 unspecified atom stereocenters. The Labute approximate surface area is 121 Å². The minimum absolute atomic E-state index is 0.115. The third-order valence-electron chi connectivity index (χ3n) is 3.77. The molecule has 1 fully saturated rings. The van der Waals surface area contributed by atoms with Crippen molar-refractivity contribution in [3.05, 3.63) is 34.1 Å². The summed E-state index contributed by atoms with van der Waals surface area (Å²) in [7, 11) is 1.98. The van der Waals surface area contributed by atoms with Gasteiger partial charge in [0.05, 0.1) is 0 Å². The summed E-state index contributed by atoms with van der Waals surface area (Å²) in [4.78, 5) is 0. The van der Waals surface area contributed by atoms with E-state index in [0.717, 1.165) is 16.5 Å². The fraction of sp³-hybridized carbons (Fsp3) is 0.571. The molecule has 0 amide bonds. The molecular weight excluding hydrogens is 313 g/mol. The molecule has 1 heterocycles. The largest absolute Gasteiger partial charge is 0.315 e. The Morgan fingerprint density at radius 1 is 1.56 bits per heavy atom. The van der Waals surface area contributed by atoms with Crippen molar-refractivity contribution in [2.75, 3.05) is 12.8 Å². The Bertz CT molecular complexity index is 418. The predicted molar refractivity (Wildman–Crippen MR) is 80.7 cm³/mol. The van der Waals surface area contributed by atoms with Crippen molar-refractivity contribution in [2.45, 2.75) is 37.0 Å². The molecular formula is C14H19BrFNS. The average Bonchev–Trinajstić information content (AvgIpc) is 2.76. The van der Waals surface area contributed by atoms with Gasteiger partial charge in [0, 0.05) is 15.3 Å². The first-order valence-electron chi connectivity index (χ1n) is 6.30. The van der Waals surface area contributed by atoms with Crippen LogP contribution in [0.1, 0.15) is 25.3 Å². The van der Waals surface area contributed by atoms with Gasteiger partial charge in [-0.05, 0) is 56.7 Å². The van der Waals surface area contributed by atoms with Crippen molar-refractivity contribution in [2.24, 2.45) is 0 Å². The third kappa shape index (κ3) is 3.09. The molecule has 0 spiro atoms. The maximum atomic E-state index is 13.9. The molecule has 1 saturated heterocycles. The van der Waals surface area contributed by atoms with Gasteiger partial charge in [-0.15, -0.1) is 0 Å². The highest BCUT2D eigenvalue weighted by Crippen LogP contribution is 2.41. The van der Waals surface area contributed by atoms with Crippen LogP contribution in [0.5, 0.6) is 0 Å². The van der Waals surface area contributed by atoms with Gasteiger partial charge in [0.15, 0.2) is 0 Å². The van der Waals surface area contributed by atoms with Gasteiger partial charge >= 0.3 is 0 Å². The van der Waals surface area contributed by atoms with E-state index in [9.17, 15) is 4.39 Å². The van der Waals surface area contributed by atoms with Crippen LogP contribution >= 0.6 is 27.7 Å². The molecule has 100 valence electrons. The summed E-state index contributed by atoms with van der Waals surface area (Å²) in [5.74, 6) is 1.11. The van der Waals surface area contributed by atoms with E-state index in [1.54, 1.807) is 6.07 Å². The highest BCUT2D eigenvalue weighted by atomic mass is 79.9. The molecule has 1 nitrogen and oxygen atoms in total. The van der Waals surface area contributed by atoms with E-state index in [2.05, 4.69) is 28.2 Å². The molecule has 1 aliphatic rings. The summed E-state index contributed by atoms with van der Waals surface area (Å²) < 4.78 is 14.9. The minimum Gasteiger partial charge on any atom is -0.315 e. The summed E-state index contributed by atoms with van der Waals surface area (Å²) in [5, 5.41) is 3.38. The monoisotopic (exact) mass is 331 g/mol. The maximum Gasteiger partial charge on any atom is 0.127 e. The fourth-order valence-electron chi connectivity index (χ4n) is 2.61. The van der Waals surface area contributed by atoms with Crippen LogP contribution in [0.3, 0.4) is 0 Å². The van der Waals surface area contributed by atoms with E-state index in [0.29, 0.717) is 6.04 Å². The van der Waals surface area contributed by atoms with Crippen LogP contribution in [0.2, 0.25) is 0 Å². The van der Waals surface area contributed by atoms with E-state index in [1.807, 2.05) is 30.9 Å². The smallest absolute Gasteiger partial charge is 0.127 e. The summed E-state index contributed by atoms with van der Waals surface area (Å²) >= 11 is 5.31. The molecule has 1 aromatic carbocycles. The van der Waals surface area contributed by atoms with Gasteiger partial charge < -0.3 is 5.32 Å². The zero-order valence-corrected chi connectivity index (χ0v) is 13.2. The van der Waals surface area contributed by atoms with Gasteiger partial charge in [0.2, 0.25) is 0 Å². The molecule has 4 heteroatoms. The number of hydrogen-bond acceptors (Lipinski definition) is 2. The number of nitrogens with one attached hydrogen (secondary N) is 1. The highest BCUT2D eigenvalue weighted by molar-refractivity contribution is 9.10. The first-order chi connectivity index (χ1) is 8.55. The molecule has 1 aromatic rings. The molecule has 0 radical (unpaired) electrons. The van der Waals surface area contributed by atoms with Crippen LogP contribution in [0.25, 0.3) is 0 Å². The Balaban J connectivity index is 2.15. The second kappa shape index (κ2) is 5.93. The molecule has 0 saturated carbocycles. The number of halogens is 2. The molecule has 0 aliphatic carbocycles. The minimum atomic E-state index is -0.115. The van der Waals surface area contributed by atoms with Crippen molar-refractivity contribution in [3.8, 4) is 0 Å². The second-order valence-corrected chi connectivity index (χ2v) is 7.59. The third-order valence-corrected chi connectivity index (χ3v) is 5.91. The number of benzene rings is 1. The lowest BCUT2D eigenvalue weighted by atomic mass is 9.91. The van der Waals surface area contributed by atoms with Crippen molar-refractivity contribution in [3.63, 3.8) is 0 Å².